The third kappa shape index (κ3) is 27.0. The second-order valence-electron chi connectivity index (χ2n) is 25.1. The van der Waals surface area contributed by atoms with Gasteiger partial charge in [0, 0.05) is 19.1 Å². The van der Waals surface area contributed by atoms with Gasteiger partial charge in [-0.1, -0.05) is 105 Å². The van der Waals surface area contributed by atoms with Crippen molar-refractivity contribution in [3.8, 4) is 11.5 Å². The molecule has 4 rings (SSSR count). The number of amides is 5. The number of carbonyl (C=O) groups excluding carboxylic acids is 7. The highest BCUT2D eigenvalue weighted by Gasteiger charge is 2.36. The van der Waals surface area contributed by atoms with Crippen molar-refractivity contribution in [1.82, 2.24) is 36.8 Å². The Hall–Kier alpha value is -6.84. The minimum absolute atomic E-state index is 0.0669. The molecule has 0 bridgehead atoms. The lowest BCUT2D eigenvalue weighted by atomic mass is 9.91. The van der Waals surface area contributed by atoms with E-state index in [1.165, 1.54) is 16.9 Å². The molecular formula is C64H102N8O13. The van der Waals surface area contributed by atoms with Crippen LogP contribution < -0.4 is 42.0 Å². The fraction of sp³-hybridized carbons (Fsp3) is 0.625. The fourth-order valence-electron chi connectivity index (χ4n) is 9.07. The van der Waals surface area contributed by atoms with Crippen LogP contribution in [0.4, 0.5) is 0 Å². The predicted molar refractivity (Wildman–Crippen MR) is 328 cm³/mol. The second kappa shape index (κ2) is 35.6. The normalized spacial score (nSPS) is 17.4. The molecule has 0 aliphatic carbocycles. The van der Waals surface area contributed by atoms with Crippen molar-refractivity contribution < 1.29 is 62.4 Å². The molecule has 2 fully saturated rings. The quantitative estimate of drug-likeness (QED) is 0.0366. The van der Waals surface area contributed by atoms with Gasteiger partial charge in [0.1, 0.15) is 60.1 Å². The van der Waals surface area contributed by atoms with Gasteiger partial charge in [0.25, 0.3) is 11.8 Å². The molecule has 8 atom stereocenters. The number of rotatable bonds is 25. The third-order valence-corrected chi connectivity index (χ3v) is 13.8. The summed E-state index contributed by atoms with van der Waals surface area (Å²) in [5.74, 6) is -3.18. The van der Waals surface area contributed by atoms with Crippen LogP contribution in [-0.2, 0) is 47.8 Å². The summed E-state index contributed by atoms with van der Waals surface area (Å²) in [6, 6.07) is 12.2. The number of nitrogens with two attached hydrogens (primary N) is 1. The fourth-order valence-corrected chi connectivity index (χ4v) is 9.07. The van der Waals surface area contributed by atoms with Crippen molar-refractivity contribution in [2.45, 2.75) is 197 Å². The van der Waals surface area contributed by atoms with Crippen LogP contribution in [0.5, 0.6) is 11.5 Å². The van der Waals surface area contributed by atoms with Crippen LogP contribution in [0.1, 0.15) is 173 Å². The molecule has 0 spiro atoms. The van der Waals surface area contributed by atoms with Gasteiger partial charge in [-0.25, -0.2) is 10.9 Å². The van der Waals surface area contributed by atoms with Crippen molar-refractivity contribution in [1.29, 1.82) is 0 Å². The van der Waals surface area contributed by atoms with Gasteiger partial charge in [-0.15, -0.1) is 0 Å². The molecule has 21 nitrogen and oxygen atoms in total. The van der Waals surface area contributed by atoms with Crippen LogP contribution in [0.25, 0.3) is 0 Å². The Morgan fingerprint density at radius 2 is 1.01 bits per heavy atom. The van der Waals surface area contributed by atoms with Crippen molar-refractivity contribution in [2.75, 3.05) is 26.3 Å². The number of nitrogens with zero attached hydrogens (tertiary/aromatic N) is 2. The maximum atomic E-state index is 13.4. The van der Waals surface area contributed by atoms with E-state index in [4.69, 9.17) is 29.8 Å². The molecule has 0 radical (unpaired) electrons. The maximum Gasteiger partial charge on any atom is 0.322 e. The standard InChI is InChI=1S/C32H50N4O6.C19H33N3O6.C13H19NO/c1-10-17-41-24-14-11-13-23(18-24)28(21(4)5)34-30(39)26-15-12-16-36(35-26)31(40)22(6)33-29(38)25(20(2)3)19-27(37)42-32(7,8)9;1-11(2)13(10-15(23)28-19(4,5)6)16(24)20-12(3)17(25)22-9-7-8-14(21-22)18(26)27;1-4-8-15-12-7-5-6-11(9-12)13(14)10(2)3/h10-11,13-14,18,20-22,25-26,28,35H,1,12,15-17,19H2,2-9H3,(H,33,38)(H,34,39);11-14,21H,7-10H2,1-6H3,(H,20,24)(H,26,27);4-7,9-10,13H,1,8,14H2,2-3H3/t22-,25-,26-,28+;12-,13-,14-;13-/m001/s1. The predicted octanol–water partition coefficient (Wildman–Crippen LogP) is 8.05. The van der Waals surface area contributed by atoms with Crippen LogP contribution in [0, 0.1) is 35.5 Å². The number of aliphatic carboxylic acids is 1. The molecule has 2 aliphatic heterocycles. The number of hydrogen-bond acceptors (Lipinski definition) is 15. The Kier molecular flexibility index (Phi) is 31.1. The molecular weight excluding hydrogens is 1090 g/mol. The number of carbonyl (C=O) groups is 8. The number of hydrogen-bond donors (Lipinski definition) is 7. The summed E-state index contributed by atoms with van der Waals surface area (Å²) in [5.41, 5.74) is 12.5. The summed E-state index contributed by atoms with van der Waals surface area (Å²) in [5, 5.41) is 20.3. The lowest BCUT2D eigenvalue weighted by Crippen LogP contribution is -2.61. The highest BCUT2D eigenvalue weighted by Crippen LogP contribution is 2.27. The lowest BCUT2D eigenvalue weighted by molar-refractivity contribution is -0.158. The zero-order chi connectivity index (χ0) is 64.5. The number of hydrazine groups is 2. The Morgan fingerprint density at radius 1 is 0.612 bits per heavy atom. The van der Waals surface area contributed by atoms with Gasteiger partial charge >= 0.3 is 17.9 Å². The van der Waals surface area contributed by atoms with Crippen molar-refractivity contribution in [2.24, 2.45) is 41.2 Å². The van der Waals surface area contributed by atoms with Gasteiger partial charge in [-0.05, 0) is 140 Å². The van der Waals surface area contributed by atoms with Crippen molar-refractivity contribution in [3.63, 3.8) is 0 Å². The lowest BCUT2D eigenvalue weighted by Gasteiger charge is -2.36. The summed E-state index contributed by atoms with van der Waals surface area (Å²) in [6.07, 6.45) is 5.44. The number of ether oxygens (including phenoxy) is 4. The summed E-state index contributed by atoms with van der Waals surface area (Å²) in [4.78, 5) is 101. The number of carboxylic acids is 1. The van der Waals surface area contributed by atoms with Gasteiger partial charge in [-0.3, -0.25) is 48.4 Å². The Morgan fingerprint density at radius 3 is 1.39 bits per heavy atom. The Balaban J connectivity index is 0.000000489. The molecule has 2 heterocycles. The molecule has 2 aromatic rings. The van der Waals surface area contributed by atoms with Crippen molar-refractivity contribution >= 4 is 47.4 Å². The molecule has 2 aromatic carbocycles. The van der Waals surface area contributed by atoms with Crippen LogP contribution in [0.15, 0.2) is 73.8 Å². The molecule has 0 aromatic heterocycles. The maximum absolute atomic E-state index is 13.4. The Bertz CT molecular complexity index is 2520. The van der Waals surface area contributed by atoms with Crippen LogP contribution in [0.2, 0.25) is 0 Å². The molecule has 8 N–H and O–H groups in total. The minimum atomic E-state index is -1.02. The smallest absolute Gasteiger partial charge is 0.322 e. The Labute approximate surface area is 505 Å². The summed E-state index contributed by atoms with van der Waals surface area (Å²) < 4.78 is 21.8. The first kappa shape index (κ1) is 74.3. The topological polar surface area (TPSA) is 286 Å². The van der Waals surface area contributed by atoms with E-state index in [9.17, 15) is 38.4 Å². The largest absolute Gasteiger partial charge is 0.490 e. The number of carboxylic acid groups (broad SMARTS) is 1. The van der Waals surface area contributed by atoms with E-state index in [-0.39, 0.29) is 60.4 Å². The van der Waals surface area contributed by atoms with E-state index in [0.29, 0.717) is 63.7 Å². The van der Waals surface area contributed by atoms with Gasteiger partial charge in [-0.2, -0.15) is 0 Å². The monoisotopic (exact) mass is 1190 g/mol. The average Bonchev–Trinajstić information content (AvgIpc) is 3.61. The van der Waals surface area contributed by atoms with Crippen LogP contribution in [0.3, 0.4) is 0 Å². The van der Waals surface area contributed by atoms with Gasteiger partial charge in [0.05, 0.1) is 30.7 Å². The van der Waals surface area contributed by atoms with E-state index >= 15 is 0 Å². The molecule has 476 valence electrons. The highest BCUT2D eigenvalue weighted by atomic mass is 16.6. The average molecular weight is 1190 g/mol. The molecule has 2 saturated heterocycles. The SMILES string of the molecule is C=CCOc1cccc([C@H](N)C(C)C)c1.C=CCOc1cccc([C@H](NC(=O)[C@@H]2CCCN(C(=O)[C@H](C)NC(=O)[C@@H](CC(=O)OC(C)(C)C)C(C)C)N2)C(C)C)c1.CC(C)[C@H](CC(=O)OC(C)(C)C)C(=O)N[C@@H](C)C(=O)N1CCC[C@@H](C(=O)O)N1. The molecule has 21 heteroatoms. The number of nitrogens with one attached hydrogen (secondary N) is 5. The first-order valence-corrected chi connectivity index (χ1v) is 29.7. The first-order valence-electron chi connectivity index (χ1n) is 29.7. The molecule has 2 aliphatic rings. The van der Waals surface area contributed by atoms with E-state index in [1.54, 1.807) is 60.6 Å². The van der Waals surface area contributed by atoms with Crippen molar-refractivity contribution in [3.05, 3.63) is 85.0 Å². The van der Waals surface area contributed by atoms with E-state index in [0.717, 1.165) is 16.9 Å². The summed E-state index contributed by atoms with van der Waals surface area (Å²) >= 11 is 0. The molecule has 5 amide bonds. The van der Waals surface area contributed by atoms with Crippen LogP contribution >= 0.6 is 0 Å². The van der Waals surface area contributed by atoms with E-state index < -0.39 is 76.9 Å². The van der Waals surface area contributed by atoms with E-state index in [2.05, 4.69) is 53.8 Å². The van der Waals surface area contributed by atoms with E-state index in [1.807, 2.05) is 90.1 Å². The van der Waals surface area contributed by atoms with Crippen LogP contribution in [-0.4, -0.2) is 124 Å². The second-order valence-corrected chi connectivity index (χ2v) is 25.1. The number of esters is 2. The zero-order valence-corrected chi connectivity index (χ0v) is 53.5. The third-order valence-electron chi connectivity index (χ3n) is 13.8. The first-order chi connectivity index (χ1) is 39.6. The molecule has 0 unspecified atom stereocenters. The minimum Gasteiger partial charge on any atom is -0.490 e. The summed E-state index contributed by atoms with van der Waals surface area (Å²) in [6.45, 7) is 38.4. The highest BCUT2D eigenvalue weighted by molar-refractivity contribution is 5.91. The van der Waals surface area contributed by atoms with Gasteiger partial charge < -0.3 is 45.7 Å². The number of benzene rings is 2. The molecule has 85 heavy (non-hydrogen) atoms. The summed E-state index contributed by atoms with van der Waals surface area (Å²) in [7, 11) is 0. The van der Waals surface area contributed by atoms with Gasteiger partial charge in [0.15, 0.2) is 0 Å². The van der Waals surface area contributed by atoms with Gasteiger partial charge in [0.2, 0.25) is 17.7 Å². The zero-order valence-electron chi connectivity index (χ0n) is 53.5. The molecule has 0 saturated carbocycles.